The molecule has 6 heteroatoms. The van der Waals surface area contributed by atoms with Crippen molar-refractivity contribution < 1.29 is 0 Å². The van der Waals surface area contributed by atoms with Crippen LogP contribution in [0.5, 0.6) is 0 Å². The number of terminal acetylenes is 1. The number of aromatic nitrogens is 2. The largest absolute Gasteiger partial charge is 0.376 e. The molecule has 20 heavy (non-hydrogen) atoms. The van der Waals surface area contributed by atoms with Gasteiger partial charge in [0.25, 0.3) is 5.56 Å². The van der Waals surface area contributed by atoms with Crippen LogP contribution in [0.3, 0.4) is 0 Å². The van der Waals surface area contributed by atoms with Gasteiger partial charge in [0, 0.05) is 6.04 Å². The van der Waals surface area contributed by atoms with E-state index in [-0.39, 0.29) is 18.1 Å². The summed E-state index contributed by atoms with van der Waals surface area (Å²) in [5, 5.41) is 11.5. The van der Waals surface area contributed by atoms with Crippen molar-refractivity contribution in [1.29, 1.82) is 0 Å². The van der Waals surface area contributed by atoms with Crippen molar-refractivity contribution in [3.8, 4) is 12.3 Å². The molecule has 0 aliphatic heterocycles. The molecule has 0 aliphatic rings. The molecular weight excluding hydrogens is 294 g/mol. The smallest absolute Gasteiger partial charge is 0.292 e. The van der Waals surface area contributed by atoms with Crippen LogP contribution in [-0.2, 0) is 13.0 Å². The van der Waals surface area contributed by atoms with Crippen molar-refractivity contribution in [2.24, 2.45) is 0 Å². The molecule has 0 amide bonds. The van der Waals surface area contributed by atoms with Crippen LogP contribution < -0.4 is 10.9 Å². The Morgan fingerprint density at radius 2 is 2.45 bits per heavy atom. The first-order chi connectivity index (χ1) is 9.61. The SMILES string of the molecule is C#CCn1ncc(Cl)c(NC(C)Cc2ccsc2)c1=O. The fraction of sp³-hybridized carbons (Fsp3) is 0.286. The Labute approximate surface area is 126 Å². The fourth-order valence-corrected chi connectivity index (χ4v) is 2.72. The fourth-order valence-electron chi connectivity index (χ4n) is 1.86. The lowest BCUT2D eigenvalue weighted by Gasteiger charge is -2.15. The molecule has 0 aliphatic carbocycles. The van der Waals surface area contributed by atoms with Crippen molar-refractivity contribution in [2.45, 2.75) is 25.9 Å². The lowest BCUT2D eigenvalue weighted by molar-refractivity contribution is 0.660. The summed E-state index contributed by atoms with van der Waals surface area (Å²) < 4.78 is 1.21. The number of nitrogens with zero attached hydrogens (tertiary/aromatic N) is 2. The zero-order valence-corrected chi connectivity index (χ0v) is 12.5. The van der Waals surface area contributed by atoms with Crippen LogP contribution in [0, 0.1) is 12.3 Å². The number of hydrogen-bond donors (Lipinski definition) is 1. The van der Waals surface area contributed by atoms with E-state index in [9.17, 15) is 4.79 Å². The van der Waals surface area contributed by atoms with E-state index in [1.807, 2.05) is 12.3 Å². The van der Waals surface area contributed by atoms with Crippen molar-refractivity contribution >= 4 is 28.6 Å². The quantitative estimate of drug-likeness (QED) is 0.864. The van der Waals surface area contributed by atoms with Crippen LogP contribution in [-0.4, -0.2) is 15.8 Å². The summed E-state index contributed by atoms with van der Waals surface area (Å²) in [5.74, 6) is 2.39. The maximum atomic E-state index is 12.2. The van der Waals surface area contributed by atoms with Crippen LogP contribution in [0.2, 0.25) is 5.02 Å². The normalized spacial score (nSPS) is 11.8. The van der Waals surface area contributed by atoms with Gasteiger partial charge < -0.3 is 5.32 Å². The third kappa shape index (κ3) is 3.41. The Balaban J connectivity index is 2.18. The van der Waals surface area contributed by atoms with E-state index in [1.165, 1.54) is 16.4 Å². The number of nitrogens with one attached hydrogen (secondary N) is 1. The molecular formula is C14H14ClN3OS. The van der Waals surface area contributed by atoms with Gasteiger partial charge in [-0.3, -0.25) is 4.79 Å². The minimum atomic E-state index is -0.299. The Hall–Kier alpha value is -1.77. The van der Waals surface area contributed by atoms with Gasteiger partial charge in [0.05, 0.1) is 11.2 Å². The Morgan fingerprint density at radius 1 is 1.65 bits per heavy atom. The number of rotatable bonds is 5. The molecule has 1 unspecified atom stereocenters. The molecule has 104 valence electrons. The molecule has 0 spiro atoms. The van der Waals surface area contributed by atoms with Gasteiger partial charge >= 0.3 is 0 Å². The van der Waals surface area contributed by atoms with E-state index >= 15 is 0 Å². The van der Waals surface area contributed by atoms with E-state index in [0.29, 0.717) is 10.7 Å². The molecule has 0 radical (unpaired) electrons. The first-order valence-corrected chi connectivity index (χ1v) is 7.40. The number of anilines is 1. The van der Waals surface area contributed by atoms with Gasteiger partial charge in [-0.05, 0) is 35.7 Å². The maximum Gasteiger partial charge on any atom is 0.292 e. The highest BCUT2D eigenvalue weighted by Gasteiger charge is 2.12. The zero-order valence-electron chi connectivity index (χ0n) is 11.0. The third-order valence-corrected chi connectivity index (χ3v) is 3.77. The highest BCUT2D eigenvalue weighted by atomic mass is 35.5. The second-order valence-electron chi connectivity index (χ2n) is 4.42. The molecule has 2 aromatic rings. The van der Waals surface area contributed by atoms with Crippen LogP contribution in [0.15, 0.2) is 27.8 Å². The minimum absolute atomic E-state index is 0.0801. The van der Waals surface area contributed by atoms with Gasteiger partial charge in [-0.15, -0.1) is 6.42 Å². The molecule has 0 saturated carbocycles. The van der Waals surface area contributed by atoms with E-state index in [2.05, 4.69) is 27.8 Å². The van der Waals surface area contributed by atoms with Crippen molar-refractivity contribution in [3.05, 3.63) is 44.0 Å². The highest BCUT2D eigenvalue weighted by Crippen LogP contribution is 2.17. The topological polar surface area (TPSA) is 46.9 Å². The second kappa shape index (κ2) is 6.60. The zero-order chi connectivity index (χ0) is 14.5. The van der Waals surface area contributed by atoms with E-state index < -0.39 is 0 Å². The molecule has 2 aromatic heterocycles. The number of halogens is 1. The van der Waals surface area contributed by atoms with Crippen molar-refractivity contribution in [2.75, 3.05) is 5.32 Å². The average Bonchev–Trinajstić information content (AvgIpc) is 2.91. The molecule has 1 N–H and O–H groups in total. The molecule has 4 nitrogen and oxygen atoms in total. The summed E-state index contributed by atoms with van der Waals surface area (Å²) in [6, 6.07) is 2.14. The average molecular weight is 308 g/mol. The Kier molecular flexibility index (Phi) is 4.83. The van der Waals surface area contributed by atoms with Gasteiger partial charge in [-0.25, -0.2) is 4.68 Å². The van der Waals surface area contributed by atoms with Crippen LogP contribution in [0.25, 0.3) is 0 Å². The molecule has 0 bridgehead atoms. The van der Waals surface area contributed by atoms with E-state index in [1.54, 1.807) is 11.3 Å². The standard InChI is InChI=1S/C14H14ClN3OS/c1-3-5-18-14(19)13(12(15)8-16-18)17-10(2)7-11-4-6-20-9-11/h1,4,6,8-10,17H,5,7H2,2H3. The molecule has 0 fully saturated rings. The second-order valence-corrected chi connectivity index (χ2v) is 5.60. The Bertz CT molecular complexity index is 673. The van der Waals surface area contributed by atoms with Gasteiger partial charge in [-0.1, -0.05) is 17.5 Å². The maximum absolute atomic E-state index is 12.2. The predicted molar refractivity (Wildman–Crippen MR) is 83.4 cm³/mol. The number of hydrogen-bond acceptors (Lipinski definition) is 4. The van der Waals surface area contributed by atoms with Gasteiger partial charge in [-0.2, -0.15) is 16.4 Å². The number of thiophene rings is 1. The lowest BCUT2D eigenvalue weighted by atomic mass is 10.1. The van der Waals surface area contributed by atoms with Crippen molar-refractivity contribution in [3.63, 3.8) is 0 Å². The summed E-state index contributed by atoms with van der Waals surface area (Å²) in [4.78, 5) is 12.2. The van der Waals surface area contributed by atoms with Crippen LogP contribution >= 0.6 is 22.9 Å². The summed E-state index contributed by atoms with van der Waals surface area (Å²) in [6.07, 6.45) is 7.45. The monoisotopic (exact) mass is 307 g/mol. The van der Waals surface area contributed by atoms with Gasteiger partial charge in [0.2, 0.25) is 0 Å². The molecule has 0 aromatic carbocycles. The Morgan fingerprint density at radius 3 is 3.10 bits per heavy atom. The van der Waals surface area contributed by atoms with Crippen LogP contribution in [0.1, 0.15) is 12.5 Å². The molecule has 2 heterocycles. The first-order valence-electron chi connectivity index (χ1n) is 6.08. The summed E-state index contributed by atoms with van der Waals surface area (Å²) in [5.41, 5.74) is 1.27. The molecule has 0 saturated heterocycles. The van der Waals surface area contributed by atoms with Crippen molar-refractivity contribution in [1.82, 2.24) is 9.78 Å². The highest BCUT2D eigenvalue weighted by molar-refractivity contribution is 7.07. The lowest BCUT2D eigenvalue weighted by Crippen LogP contribution is -2.29. The summed E-state index contributed by atoms with van der Waals surface area (Å²) in [7, 11) is 0. The summed E-state index contributed by atoms with van der Waals surface area (Å²) >= 11 is 7.69. The van der Waals surface area contributed by atoms with E-state index in [0.717, 1.165) is 6.42 Å². The van der Waals surface area contributed by atoms with Gasteiger partial charge in [0.15, 0.2) is 0 Å². The van der Waals surface area contributed by atoms with Gasteiger partial charge in [0.1, 0.15) is 12.2 Å². The summed E-state index contributed by atoms with van der Waals surface area (Å²) in [6.45, 7) is 2.13. The minimum Gasteiger partial charge on any atom is -0.376 e. The third-order valence-electron chi connectivity index (χ3n) is 2.75. The van der Waals surface area contributed by atoms with E-state index in [4.69, 9.17) is 18.0 Å². The predicted octanol–water partition coefficient (Wildman–Crippen LogP) is 2.63. The molecule has 1 atom stereocenters. The molecule has 2 rings (SSSR count). The first kappa shape index (κ1) is 14.6. The van der Waals surface area contributed by atoms with Crippen LogP contribution in [0.4, 0.5) is 5.69 Å².